The lowest BCUT2D eigenvalue weighted by Gasteiger charge is -2.12. The van der Waals surface area contributed by atoms with E-state index in [-0.39, 0.29) is 5.91 Å². The Kier molecular flexibility index (Phi) is 5.74. The normalized spacial score (nSPS) is 10.0. The number of carbonyl (C=O) groups is 2. The summed E-state index contributed by atoms with van der Waals surface area (Å²) in [6, 6.07) is 13.5. The van der Waals surface area contributed by atoms with Gasteiger partial charge < -0.3 is 14.8 Å². The van der Waals surface area contributed by atoms with Crippen LogP contribution in [0, 0.1) is 0 Å². The zero-order valence-corrected chi connectivity index (χ0v) is 13.2. The van der Waals surface area contributed by atoms with Crippen LogP contribution in [0.1, 0.15) is 34.1 Å². The number of benzene rings is 2. The molecule has 0 fully saturated rings. The maximum absolute atomic E-state index is 12.3. The highest BCUT2D eigenvalue weighted by atomic mass is 16.5. The fourth-order valence-electron chi connectivity index (χ4n) is 1.98. The zero-order chi connectivity index (χ0) is 16.7. The van der Waals surface area contributed by atoms with Crippen LogP contribution in [-0.4, -0.2) is 25.6 Å². The lowest BCUT2D eigenvalue weighted by Crippen LogP contribution is -2.13. The van der Waals surface area contributed by atoms with Crippen LogP contribution in [0.2, 0.25) is 0 Å². The summed E-state index contributed by atoms with van der Waals surface area (Å²) in [5.41, 5.74) is 1.46. The molecular formula is C18H19NO4. The molecule has 0 spiro atoms. The summed E-state index contributed by atoms with van der Waals surface area (Å²) in [6.45, 7) is 2.60. The van der Waals surface area contributed by atoms with Crippen molar-refractivity contribution in [3.8, 4) is 5.75 Å². The molecule has 5 nitrogen and oxygen atoms in total. The molecule has 2 aromatic carbocycles. The molecule has 0 saturated carbocycles. The zero-order valence-electron chi connectivity index (χ0n) is 13.2. The average Bonchev–Trinajstić information content (AvgIpc) is 2.60. The van der Waals surface area contributed by atoms with Crippen LogP contribution in [-0.2, 0) is 4.74 Å². The molecule has 0 aliphatic carbocycles. The van der Waals surface area contributed by atoms with Crippen LogP contribution in [0.25, 0.3) is 0 Å². The molecule has 1 amide bonds. The van der Waals surface area contributed by atoms with E-state index >= 15 is 0 Å². The number of hydrogen-bond donors (Lipinski definition) is 1. The highest BCUT2D eigenvalue weighted by molar-refractivity contribution is 6.05. The fourth-order valence-corrected chi connectivity index (χ4v) is 1.98. The van der Waals surface area contributed by atoms with Crippen molar-refractivity contribution in [3.63, 3.8) is 0 Å². The van der Waals surface area contributed by atoms with E-state index < -0.39 is 5.97 Å². The minimum atomic E-state index is -0.435. The van der Waals surface area contributed by atoms with Gasteiger partial charge in [-0.3, -0.25) is 4.79 Å². The lowest BCUT2D eigenvalue weighted by atomic mass is 10.1. The van der Waals surface area contributed by atoms with Gasteiger partial charge in [0.25, 0.3) is 5.91 Å². The first-order valence-corrected chi connectivity index (χ1v) is 7.37. The molecule has 0 bridgehead atoms. The average molecular weight is 313 g/mol. The molecule has 0 unspecified atom stereocenters. The van der Waals surface area contributed by atoms with E-state index in [0.29, 0.717) is 29.2 Å². The Labute approximate surface area is 135 Å². The summed E-state index contributed by atoms with van der Waals surface area (Å²) in [5, 5.41) is 2.82. The Hall–Kier alpha value is -2.82. The van der Waals surface area contributed by atoms with E-state index in [4.69, 9.17) is 4.74 Å². The first kappa shape index (κ1) is 16.5. The standard InChI is InChI=1S/C18H19NO4/c1-3-12-23-16-7-5-4-6-15(16)19-17(20)13-8-10-14(11-9-13)18(21)22-2/h4-11H,3,12H2,1-2H3,(H,19,20). The van der Waals surface area contributed by atoms with E-state index in [1.807, 2.05) is 25.1 Å². The number of hydrogen-bond acceptors (Lipinski definition) is 4. The van der Waals surface area contributed by atoms with Crippen LogP contribution in [0.5, 0.6) is 5.75 Å². The van der Waals surface area contributed by atoms with Gasteiger partial charge in [0.1, 0.15) is 5.75 Å². The minimum Gasteiger partial charge on any atom is -0.491 e. The number of para-hydroxylation sites is 2. The molecule has 0 aliphatic heterocycles. The van der Waals surface area contributed by atoms with Gasteiger partial charge in [-0.2, -0.15) is 0 Å². The fraction of sp³-hybridized carbons (Fsp3) is 0.222. The van der Waals surface area contributed by atoms with Crippen LogP contribution in [0.15, 0.2) is 48.5 Å². The summed E-state index contributed by atoms with van der Waals surface area (Å²) in [7, 11) is 1.32. The van der Waals surface area contributed by atoms with Crippen molar-refractivity contribution >= 4 is 17.6 Å². The smallest absolute Gasteiger partial charge is 0.337 e. The second-order valence-corrected chi connectivity index (χ2v) is 4.87. The maximum Gasteiger partial charge on any atom is 0.337 e. The van der Waals surface area contributed by atoms with E-state index in [0.717, 1.165) is 6.42 Å². The second kappa shape index (κ2) is 7.98. The van der Waals surface area contributed by atoms with E-state index in [1.54, 1.807) is 30.3 Å². The summed E-state index contributed by atoms with van der Waals surface area (Å²) in [4.78, 5) is 23.7. The number of nitrogens with one attached hydrogen (secondary N) is 1. The maximum atomic E-state index is 12.3. The third-order valence-electron chi connectivity index (χ3n) is 3.17. The van der Waals surface area contributed by atoms with Gasteiger partial charge in [-0.1, -0.05) is 19.1 Å². The molecule has 2 rings (SSSR count). The van der Waals surface area contributed by atoms with Gasteiger partial charge in [0.15, 0.2) is 0 Å². The van der Waals surface area contributed by atoms with Gasteiger partial charge in [0, 0.05) is 5.56 Å². The quantitative estimate of drug-likeness (QED) is 0.829. The summed E-state index contributed by atoms with van der Waals surface area (Å²) >= 11 is 0. The number of carbonyl (C=O) groups excluding carboxylic acids is 2. The molecule has 2 aromatic rings. The first-order chi connectivity index (χ1) is 11.2. The molecule has 5 heteroatoms. The van der Waals surface area contributed by atoms with Crippen molar-refractivity contribution in [2.75, 3.05) is 19.0 Å². The summed E-state index contributed by atoms with van der Waals surface area (Å²) < 4.78 is 10.2. The minimum absolute atomic E-state index is 0.269. The Morgan fingerprint density at radius 3 is 2.30 bits per heavy atom. The van der Waals surface area contributed by atoms with Crippen molar-refractivity contribution in [2.45, 2.75) is 13.3 Å². The van der Waals surface area contributed by atoms with E-state index in [2.05, 4.69) is 10.1 Å². The molecule has 23 heavy (non-hydrogen) atoms. The van der Waals surface area contributed by atoms with Crippen LogP contribution in [0.4, 0.5) is 5.69 Å². The van der Waals surface area contributed by atoms with Crippen molar-refractivity contribution in [3.05, 3.63) is 59.7 Å². The third kappa shape index (κ3) is 4.32. The number of amides is 1. The number of methoxy groups -OCH3 is 1. The van der Waals surface area contributed by atoms with Gasteiger partial charge in [-0.05, 0) is 42.8 Å². The molecule has 0 heterocycles. The van der Waals surface area contributed by atoms with Gasteiger partial charge in [0.05, 0.1) is 25.0 Å². The number of rotatable bonds is 6. The lowest BCUT2D eigenvalue weighted by molar-refractivity contribution is 0.0600. The molecule has 0 aromatic heterocycles. The Bertz CT molecular complexity index is 680. The second-order valence-electron chi connectivity index (χ2n) is 4.87. The van der Waals surface area contributed by atoms with Crippen molar-refractivity contribution in [1.29, 1.82) is 0 Å². The Balaban J connectivity index is 2.11. The van der Waals surface area contributed by atoms with E-state index in [1.165, 1.54) is 7.11 Å². The van der Waals surface area contributed by atoms with Gasteiger partial charge in [0.2, 0.25) is 0 Å². The number of anilines is 1. The monoisotopic (exact) mass is 313 g/mol. The molecule has 0 aliphatic rings. The number of ether oxygens (including phenoxy) is 2. The predicted octanol–water partition coefficient (Wildman–Crippen LogP) is 3.51. The van der Waals surface area contributed by atoms with Crippen LogP contribution < -0.4 is 10.1 Å². The third-order valence-corrected chi connectivity index (χ3v) is 3.17. The molecule has 0 saturated heterocycles. The van der Waals surface area contributed by atoms with Crippen LogP contribution in [0.3, 0.4) is 0 Å². The summed E-state index contributed by atoms with van der Waals surface area (Å²) in [6.07, 6.45) is 0.886. The summed E-state index contributed by atoms with van der Waals surface area (Å²) in [5.74, 6) is -0.0712. The SMILES string of the molecule is CCCOc1ccccc1NC(=O)c1ccc(C(=O)OC)cc1. The molecule has 120 valence electrons. The van der Waals surface area contributed by atoms with Gasteiger partial charge >= 0.3 is 5.97 Å². The predicted molar refractivity (Wildman–Crippen MR) is 88.0 cm³/mol. The molecule has 0 radical (unpaired) electrons. The van der Waals surface area contributed by atoms with Crippen molar-refractivity contribution in [1.82, 2.24) is 0 Å². The first-order valence-electron chi connectivity index (χ1n) is 7.37. The highest BCUT2D eigenvalue weighted by Gasteiger charge is 2.11. The van der Waals surface area contributed by atoms with Crippen molar-refractivity contribution < 1.29 is 19.1 Å². The molecule has 1 N–H and O–H groups in total. The largest absolute Gasteiger partial charge is 0.491 e. The van der Waals surface area contributed by atoms with Gasteiger partial charge in [-0.25, -0.2) is 4.79 Å². The number of esters is 1. The molecular weight excluding hydrogens is 294 g/mol. The van der Waals surface area contributed by atoms with E-state index in [9.17, 15) is 9.59 Å². The van der Waals surface area contributed by atoms with Crippen LogP contribution >= 0.6 is 0 Å². The van der Waals surface area contributed by atoms with Crippen molar-refractivity contribution in [2.24, 2.45) is 0 Å². The Morgan fingerprint density at radius 2 is 1.65 bits per heavy atom. The molecule has 0 atom stereocenters. The highest BCUT2D eigenvalue weighted by Crippen LogP contribution is 2.24. The Morgan fingerprint density at radius 1 is 1.00 bits per heavy atom. The van der Waals surface area contributed by atoms with Gasteiger partial charge in [-0.15, -0.1) is 0 Å². The topological polar surface area (TPSA) is 64.6 Å².